The monoisotopic (exact) mass is 167 g/mol. The largest absolute Gasteiger partial charge is 0.377 e. The van der Waals surface area contributed by atoms with Crippen LogP contribution in [-0.2, 0) is 4.74 Å². The van der Waals surface area contributed by atoms with E-state index in [1.165, 1.54) is 0 Å². The Kier molecular flexibility index (Phi) is 1.99. The number of rotatable bonds is 1. The maximum absolute atomic E-state index is 5.33. The molecule has 1 fully saturated rings. The number of hydrogen-bond acceptors (Lipinski definition) is 3. The van der Waals surface area contributed by atoms with E-state index < -0.39 is 0 Å². The Morgan fingerprint density at radius 3 is 3.33 bits per heavy atom. The molecule has 0 aliphatic carbocycles. The highest BCUT2D eigenvalue weighted by atomic mass is 16.5. The van der Waals surface area contributed by atoms with Crippen LogP contribution >= 0.6 is 0 Å². The third-order valence-corrected chi connectivity index (χ3v) is 2.16. The summed E-state index contributed by atoms with van der Waals surface area (Å²) in [6.07, 6.45) is 1.78. The number of nitrogens with one attached hydrogen (secondary N) is 1. The molecule has 0 aromatic carbocycles. The quantitative estimate of drug-likeness (QED) is 0.667. The van der Waals surface area contributed by atoms with E-state index in [4.69, 9.17) is 4.74 Å². The molecular formula is C8H13N3O. The maximum Gasteiger partial charge on any atom is 0.124 e. The van der Waals surface area contributed by atoms with Gasteiger partial charge in [0.2, 0.25) is 0 Å². The number of aromatic nitrogens is 2. The zero-order valence-electron chi connectivity index (χ0n) is 7.16. The first kappa shape index (κ1) is 7.61. The minimum Gasteiger partial charge on any atom is -0.377 e. The van der Waals surface area contributed by atoms with E-state index in [0.29, 0.717) is 6.04 Å². The molecule has 1 aromatic heterocycles. The summed E-state index contributed by atoms with van der Waals surface area (Å²) in [6, 6.07) is 2.43. The van der Waals surface area contributed by atoms with Crippen molar-refractivity contribution in [2.45, 2.75) is 13.0 Å². The van der Waals surface area contributed by atoms with Gasteiger partial charge in [-0.15, -0.1) is 0 Å². The molecule has 1 saturated heterocycles. The van der Waals surface area contributed by atoms with Crippen LogP contribution in [0.1, 0.15) is 6.92 Å². The molecule has 12 heavy (non-hydrogen) atoms. The molecule has 1 aliphatic heterocycles. The Hall–Kier alpha value is -1.03. The highest BCUT2D eigenvalue weighted by Crippen LogP contribution is 2.15. The van der Waals surface area contributed by atoms with Crippen molar-refractivity contribution >= 4 is 5.82 Å². The molecule has 1 N–H and O–H groups in total. The lowest BCUT2D eigenvalue weighted by atomic mass is 10.2. The molecular weight excluding hydrogens is 154 g/mol. The second-order valence-corrected chi connectivity index (χ2v) is 3.06. The van der Waals surface area contributed by atoms with Gasteiger partial charge in [-0.3, -0.25) is 5.10 Å². The second kappa shape index (κ2) is 3.15. The van der Waals surface area contributed by atoms with Gasteiger partial charge in [-0.05, 0) is 6.92 Å². The lowest BCUT2D eigenvalue weighted by Gasteiger charge is -2.33. The number of nitrogens with zero attached hydrogens (tertiary/aromatic N) is 2. The highest BCUT2D eigenvalue weighted by molar-refractivity contribution is 5.38. The fourth-order valence-electron chi connectivity index (χ4n) is 1.49. The zero-order chi connectivity index (χ0) is 8.39. The summed E-state index contributed by atoms with van der Waals surface area (Å²) in [7, 11) is 0. The molecule has 0 saturated carbocycles. The topological polar surface area (TPSA) is 41.1 Å². The summed E-state index contributed by atoms with van der Waals surface area (Å²) in [5.74, 6) is 1.09. The van der Waals surface area contributed by atoms with Gasteiger partial charge in [0.15, 0.2) is 0 Å². The van der Waals surface area contributed by atoms with E-state index in [2.05, 4.69) is 22.0 Å². The van der Waals surface area contributed by atoms with Crippen molar-refractivity contribution in [1.29, 1.82) is 0 Å². The van der Waals surface area contributed by atoms with Gasteiger partial charge in [0.25, 0.3) is 0 Å². The summed E-state index contributed by atoms with van der Waals surface area (Å²) < 4.78 is 5.33. The van der Waals surface area contributed by atoms with E-state index >= 15 is 0 Å². The molecule has 1 aliphatic rings. The molecule has 1 aromatic rings. The van der Waals surface area contributed by atoms with Gasteiger partial charge >= 0.3 is 0 Å². The minimum atomic E-state index is 0.444. The van der Waals surface area contributed by atoms with E-state index in [-0.39, 0.29) is 0 Å². The Morgan fingerprint density at radius 1 is 1.75 bits per heavy atom. The number of anilines is 1. The van der Waals surface area contributed by atoms with Crippen molar-refractivity contribution in [3.63, 3.8) is 0 Å². The van der Waals surface area contributed by atoms with Gasteiger partial charge in [0, 0.05) is 12.6 Å². The fraction of sp³-hybridized carbons (Fsp3) is 0.625. The molecule has 0 amide bonds. The summed E-state index contributed by atoms with van der Waals surface area (Å²) in [5.41, 5.74) is 0. The van der Waals surface area contributed by atoms with Crippen LogP contribution in [0.5, 0.6) is 0 Å². The lowest BCUT2D eigenvalue weighted by Crippen LogP contribution is -2.43. The van der Waals surface area contributed by atoms with E-state index in [1.807, 2.05) is 6.07 Å². The normalized spacial score (nSPS) is 24.4. The molecule has 4 nitrogen and oxygen atoms in total. The first-order valence-electron chi connectivity index (χ1n) is 4.21. The highest BCUT2D eigenvalue weighted by Gasteiger charge is 2.19. The van der Waals surface area contributed by atoms with Crippen LogP contribution in [0, 0.1) is 0 Å². The Labute approximate surface area is 71.5 Å². The summed E-state index contributed by atoms with van der Waals surface area (Å²) in [5, 5.41) is 6.88. The molecule has 66 valence electrons. The van der Waals surface area contributed by atoms with Crippen LogP contribution in [0.25, 0.3) is 0 Å². The third-order valence-electron chi connectivity index (χ3n) is 2.16. The van der Waals surface area contributed by atoms with Crippen LogP contribution in [0.2, 0.25) is 0 Å². The summed E-state index contributed by atoms with van der Waals surface area (Å²) >= 11 is 0. The first-order valence-corrected chi connectivity index (χ1v) is 4.21. The van der Waals surface area contributed by atoms with Gasteiger partial charge < -0.3 is 9.64 Å². The third kappa shape index (κ3) is 1.30. The van der Waals surface area contributed by atoms with Gasteiger partial charge in [0.1, 0.15) is 5.82 Å². The molecule has 4 heteroatoms. The van der Waals surface area contributed by atoms with E-state index in [9.17, 15) is 0 Å². The zero-order valence-corrected chi connectivity index (χ0v) is 7.16. The second-order valence-electron chi connectivity index (χ2n) is 3.06. The van der Waals surface area contributed by atoms with Crippen molar-refractivity contribution in [2.75, 3.05) is 24.7 Å². The van der Waals surface area contributed by atoms with E-state index in [1.54, 1.807) is 6.20 Å². The number of H-pyrrole nitrogens is 1. The Morgan fingerprint density at radius 2 is 2.67 bits per heavy atom. The van der Waals surface area contributed by atoms with Gasteiger partial charge in [0.05, 0.1) is 25.5 Å². The SMILES string of the molecule is C[C@H]1COCCN1c1ccn[nH]1. The number of morpholine rings is 1. The summed E-state index contributed by atoms with van der Waals surface area (Å²) in [4.78, 5) is 2.27. The van der Waals surface area contributed by atoms with Gasteiger partial charge in [-0.25, -0.2) is 0 Å². The molecule has 0 spiro atoms. The predicted octanol–water partition coefficient (Wildman–Crippen LogP) is 0.635. The predicted molar refractivity (Wildman–Crippen MR) is 46.2 cm³/mol. The average molecular weight is 167 g/mol. The minimum absolute atomic E-state index is 0.444. The summed E-state index contributed by atoms with van der Waals surface area (Å²) in [6.45, 7) is 4.71. The van der Waals surface area contributed by atoms with E-state index in [0.717, 1.165) is 25.6 Å². The van der Waals surface area contributed by atoms with Crippen LogP contribution in [0.3, 0.4) is 0 Å². The van der Waals surface area contributed by atoms with Crippen molar-refractivity contribution in [1.82, 2.24) is 10.2 Å². The van der Waals surface area contributed by atoms with Crippen molar-refractivity contribution in [2.24, 2.45) is 0 Å². The maximum atomic E-state index is 5.33. The van der Waals surface area contributed by atoms with Crippen LogP contribution < -0.4 is 4.90 Å². The Balaban J connectivity index is 2.11. The van der Waals surface area contributed by atoms with Crippen molar-refractivity contribution in [3.8, 4) is 0 Å². The number of ether oxygens (including phenoxy) is 1. The molecule has 1 atom stereocenters. The van der Waals surface area contributed by atoms with Crippen LogP contribution in [0.4, 0.5) is 5.82 Å². The number of hydrogen-bond donors (Lipinski definition) is 1. The average Bonchev–Trinajstić information content (AvgIpc) is 2.57. The standard InChI is InChI=1S/C8H13N3O/c1-7-6-12-5-4-11(7)8-2-3-9-10-8/h2-3,7H,4-6H2,1H3,(H,9,10)/t7-/m0/s1. The van der Waals surface area contributed by atoms with Crippen LogP contribution in [-0.4, -0.2) is 36.0 Å². The number of aromatic amines is 1. The van der Waals surface area contributed by atoms with Crippen LogP contribution in [0.15, 0.2) is 12.3 Å². The smallest absolute Gasteiger partial charge is 0.124 e. The van der Waals surface area contributed by atoms with Gasteiger partial charge in [-0.2, -0.15) is 5.10 Å². The molecule has 0 bridgehead atoms. The Bertz CT molecular complexity index is 234. The fourth-order valence-corrected chi connectivity index (χ4v) is 1.49. The van der Waals surface area contributed by atoms with Crippen molar-refractivity contribution in [3.05, 3.63) is 12.3 Å². The molecule has 2 rings (SSSR count). The van der Waals surface area contributed by atoms with Gasteiger partial charge in [-0.1, -0.05) is 0 Å². The van der Waals surface area contributed by atoms with Crippen molar-refractivity contribution < 1.29 is 4.74 Å². The first-order chi connectivity index (χ1) is 5.88. The molecule has 2 heterocycles. The lowest BCUT2D eigenvalue weighted by molar-refractivity contribution is 0.0985. The molecule has 0 radical (unpaired) electrons. The molecule has 0 unspecified atom stereocenters.